The largest absolute Gasteiger partial charge is 0.467 e. The highest BCUT2D eigenvalue weighted by Crippen LogP contribution is 2.44. The van der Waals surface area contributed by atoms with Gasteiger partial charge in [0.15, 0.2) is 0 Å². The summed E-state index contributed by atoms with van der Waals surface area (Å²) in [7, 11) is 0. The van der Waals surface area contributed by atoms with Crippen LogP contribution in [0.3, 0.4) is 0 Å². The molecule has 22 heavy (non-hydrogen) atoms. The van der Waals surface area contributed by atoms with Gasteiger partial charge in [0, 0.05) is 0 Å². The van der Waals surface area contributed by atoms with E-state index in [0.29, 0.717) is 30.2 Å². The van der Waals surface area contributed by atoms with Crippen molar-refractivity contribution in [2.75, 3.05) is 0 Å². The lowest BCUT2D eigenvalue weighted by atomic mass is 10.2. The van der Waals surface area contributed by atoms with Gasteiger partial charge in [-0.05, 0) is 24.3 Å². The number of hydrogen-bond acceptors (Lipinski definition) is 4. The molecule has 2 atom stereocenters. The second-order valence-electron chi connectivity index (χ2n) is 5.12. The lowest BCUT2D eigenvalue weighted by Gasteiger charge is -2.03. The average Bonchev–Trinajstić information content (AvgIpc) is 2.98. The van der Waals surface area contributed by atoms with E-state index < -0.39 is 11.8 Å². The number of furan rings is 2. The van der Waals surface area contributed by atoms with E-state index in [9.17, 15) is 9.59 Å². The second-order valence-corrected chi connectivity index (χ2v) is 5.12. The molecule has 0 spiro atoms. The number of hydrogen-bond donors (Lipinski definition) is 2. The van der Waals surface area contributed by atoms with E-state index in [-0.39, 0.29) is 11.8 Å². The maximum Gasteiger partial charge on any atom is 0.228 e. The van der Waals surface area contributed by atoms with Crippen LogP contribution < -0.4 is 10.6 Å². The van der Waals surface area contributed by atoms with Crippen molar-refractivity contribution in [3.63, 3.8) is 0 Å². The van der Waals surface area contributed by atoms with Crippen LogP contribution in [0.5, 0.6) is 0 Å². The average molecular weight is 300 g/mol. The minimum atomic E-state index is -0.466. The maximum atomic E-state index is 12.0. The van der Waals surface area contributed by atoms with Gasteiger partial charge in [0.05, 0.1) is 37.5 Å². The van der Waals surface area contributed by atoms with E-state index in [1.165, 1.54) is 0 Å². The van der Waals surface area contributed by atoms with Gasteiger partial charge >= 0.3 is 0 Å². The molecule has 0 aromatic carbocycles. The van der Waals surface area contributed by atoms with Gasteiger partial charge in [-0.1, -0.05) is 12.2 Å². The summed E-state index contributed by atoms with van der Waals surface area (Å²) in [4.78, 5) is 24.1. The van der Waals surface area contributed by atoms with Crippen LogP contribution in [-0.2, 0) is 22.7 Å². The summed E-state index contributed by atoms with van der Waals surface area (Å²) in [6, 6.07) is 7.05. The Morgan fingerprint density at radius 2 is 1.41 bits per heavy atom. The zero-order chi connectivity index (χ0) is 15.5. The minimum absolute atomic E-state index is 0.209. The molecule has 2 heterocycles. The van der Waals surface area contributed by atoms with Crippen molar-refractivity contribution in [2.24, 2.45) is 11.8 Å². The highest BCUT2D eigenvalue weighted by molar-refractivity contribution is 5.98. The van der Waals surface area contributed by atoms with Crippen molar-refractivity contribution in [1.82, 2.24) is 10.6 Å². The third-order valence-electron chi connectivity index (χ3n) is 3.62. The molecule has 0 saturated heterocycles. The first kappa shape index (κ1) is 14.2. The van der Waals surface area contributed by atoms with Crippen molar-refractivity contribution in [3.8, 4) is 0 Å². The number of carbonyl (C=O) groups excluding carboxylic acids is 2. The first-order valence-electron chi connectivity index (χ1n) is 6.95. The summed E-state index contributed by atoms with van der Waals surface area (Å²) in [5, 5.41) is 5.48. The minimum Gasteiger partial charge on any atom is -0.467 e. The summed E-state index contributed by atoms with van der Waals surface area (Å²) >= 11 is 0. The molecule has 1 aliphatic rings. The first-order chi connectivity index (χ1) is 10.7. The fourth-order valence-corrected chi connectivity index (χ4v) is 2.35. The highest BCUT2D eigenvalue weighted by Gasteiger charge is 2.52. The van der Waals surface area contributed by atoms with Crippen LogP contribution in [0.2, 0.25) is 0 Å². The predicted octanol–water partition coefficient (Wildman–Crippen LogP) is 1.61. The lowest BCUT2D eigenvalue weighted by Crippen LogP contribution is -2.29. The summed E-state index contributed by atoms with van der Waals surface area (Å²) < 4.78 is 10.3. The summed E-state index contributed by atoms with van der Waals surface area (Å²) in [5.41, 5.74) is 0.633. The van der Waals surface area contributed by atoms with Gasteiger partial charge < -0.3 is 19.5 Å². The summed E-state index contributed by atoms with van der Waals surface area (Å²) in [6.07, 6.45) is 3.09. The second kappa shape index (κ2) is 5.93. The van der Waals surface area contributed by atoms with Gasteiger partial charge in [-0.25, -0.2) is 0 Å². The molecule has 1 fully saturated rings. The Morgan fingerprint density at radius 3 is 1.77 bits per heavy atom. The molecule has 2 amide bonds. The van der Waals surface area contributed by atoms with E-state index in [1.54, 1.807) is 36.8 Å². The molecule has 3 rings (SSSR count). The molecule has 1 aliphatic carbocycles. The molecule has 114 valence electrons. The van der Waals surface area contributed by atoms with Crippen molar-refractivity contribution in [1.29, 1.82) is 0 Å². The third-order valence-corrected chi connectivity index (χ3v) is 3.62. The fourth-order valence-electron chi connectivity index (χ4n) is 2.35. The van der Waals surface area contributed by atoms with Crippen molar-refractivity contribution in [3.05, 3.63) is 60.5 Å². The number of carbonyl (C=O) groups is 2. The van der Waals surface area contributed by atoms with Gasteiger partial charge in [-0.2, -0.15) is 0 Å². The number of nitrogens with one attached hydrogen (secondary N) is 2. The van der Waals surface area contributed by atoms with Crippen LogP contribution in [0.25, 0.3) is 0 Å². The van der Waals surface area contributed by atoms with Crippen molar-refractivity contribution < 1.29 is 18.4 Å². The molecule has 1 unspecified atom stereocenters. The van der Waals surface area contributed by atoms with Crippen molar-refractivity contribution >= 4 is 11.8 Å². The molecular formula is C16H16N2O4. The summed E-state index contributed by atoms with van der Waals surface area (Å²) in [5.74, 6) is -0.0194. The molecular weight excluding hydrogens is 284 g/mol. The normalized spacial score (nSPS) is 19.7. The van der Waals surface area contributed by atoms with E-state index in [1.807, 2.05) is 0 Å². The Morgan fingerprint density at radius 1 is 0.955 bits per heavy atom. The van der Waals surface area contributed by atoms with E-state index in [4.69, 9.17) is 8.83 Å². The van der Waals surface area contributed by atoms with Crippen LogP contribution >= 0.6 is 0 Å². The zero-order valence-electron chi connectivity index (χ0n) is 11.9. The Hall–Kier alpha value is -2.76. The van der Waals surface area contributed by atoms with E-state index >= 15 is 0 Å². The molecule has 6 nitrogen and oxygen atoms in total. The molecule has 0 radical (unpaired) electrons. The first-order valence-corrected chi connectivity index (χ1v) is 6.95. The zero-order valence-corrected chi connectivity index (χ0v) is 11.9. The molecule has 0 aliphatic heterocycles. The Bertz CT molecular complexity index is 615. The van der Waals surface area contributed by atoms with Gasteiger partial charge in [0.1, 0.15) is 11.5 Å². The maximum absolute atomic E-state index is 12.0. The van der Waals surface area contributed by atoms with Gasteiger partial charge in [-0.15, -0.1) is 0 Å². The van der Waals surface area contributed by atoms with Crippen molar-refractivity contribution in [2.45, 2.75) is 13.1 Å². The Kier molecular flexibility index (Phi) is 3.82. The fraction of sp³-hybridized carbons (Fsp3) is 0.250. The Labute approximate surface area is 127 Å². The Balaban J connectivity index is 1.47. The van der Waals surface area contributed by atoms with Crippen LogP contribution in [0, 0.1) is 11.8 Å². The molecule has 2 aromatic heterocycles. The van der Waals surface area contributed by atoms with Crippen LogP contribution in [0.4, 0.5) is 0 Å². The molecule has 1 saturated carbocycles. The molecule has 2 aromatic rings. The highest BCUT2D eigenvalue weighted by atomic mass is 16.3. The predicted molar refractivity (Wildman–Crippen MR) is 77.2 cm³/mol. The number of rotatable bonds is 6. The van der Waals surface area contributed by atoms with Crippen LogP contribution in [-0.4, -0.2) is 11.8 Å². The summed E-state index contributed by atoms with van der Waals surface area (Å²) in [6.45, 7) is 4.40. The quantitative estimate of drug-likeness (QED) is 0.794. The topological polar surface area (TPSA) is 84.5 Å². The monoisotopic (exact) mass is 300 g/mol. The molecule has 6 heteroatoms. The van der Waals surface area contributed by atoms with Crippen LogP contribution in [0.15, 0.2) is 57.8 Å². The van der Waals surface area contributed by atoms with Gasteiger partial charge in [-0.3, -0.25) is 9.59 Å². The number of amides is 2. The molecule has 0 bridgehead atoms. The lowest BCUT2D eigenvalue weighted by molar-refractivity contribution is -0.127. The van der Waals surface area contributed by atoms with Gasteiger partial charge in [0.2, 0.25) is 11.8 Å². The standard InChI is InChI=1S/C16H16N2O4/c1-10-13(15(19)17-8-11-4-2-6-21-11)14(10)16(20)18-9-12-5-3-7-22-12/h2-7,13-14H,1,8-9H2,(H,17,19)(H,18,20)/t13-,14?/m1/s1. The molecule has 2 N–H and O–H groups in total. The third kappa shape index (κ3) is 2.95. The SMILES string of the molecule is C=C1C(C(=O)NCc2ccco2)[C@@H]1C(=O)NCc1ccco1. The smallest absolute Gasteiger partial charge is 0.228 e. The van der Waals surface area contributed by atoms with Crippen LogP contribution in [0.1, 0.15) is 11.5 Å². The van der Waals surface area contributed by atoms with Gasteiger partial charge in [0.25, 0.3) is 0 Å². The van der Waals surface area contributed by atoms with E-state index in [0.717, 1.165) is 0 Å². The van der Waals surface area contributed by atoms with E-state index in [2.05, 4.69) is 17.2 Å².